The molecule has 0 aromatic heterocycles. The summed E-state index contributed by atoms with van der Waals surface area (Å²) in [5.41, 5.74) is 0.856. The zero-order valence-corrected chi connectivity index (χ0v) is 13.0. The van der Waals surface area contributed by atoms with Gasteiger partial charge in [0.1, 0.15) is 12.6 Å². The van der Waals surface area contributed by atoms with Gasteiger partial charge in [0, 0.05) is 5.69 Å². The number of imide groups is 1. The van der Waals surface area contributed by atoms with E-state index >= 15 is 0 Å². The van der Waals surface area contributed by atoms with Crippen LogP contribution in [0.15, 0.2) is 24.3 Å². The van der Waals surface area contributed by atoms with Gasteiger partial charge in [-0.1, -0.05) is 19.9 Å². The van der Waals surface area contributed by atoms with Crippen LogP contribution < -0.4 is 10.6 Å². The summed E-state index contributed by atoms with van der Waals surface area (Å²) in [6.45, 7) is 3.56. The van der Waals surface area contributed by atoms with E-state index in [4.69, 9.17) is 5.26 Å². The lowest BCUT2D eigenvalue weighted by molar-refractivity contribution is -0.131. The molecule has 2 N–H and O–H groups in total. The third kappa shape index (κ3) is 4.07. The van der Waals surface area contributed by atoms with E-state index in [1.54, 1.807) is 18.2 Å². The number of carbonyl (C=O) groups is 3. The van der Waals surface area contributed by atoms with Crippen LogP contribution in [0, 0.1) is 17.2 Å². The molecule has 1 aliphatic heterocycles. The maximum absolute atomic E-state index is 12.2. The summed E-state index contributed by atoms with van der Waals surface area (Å²) in [5, 5.41) is 14.0. The van der Waals surface area contributed by atoms with Crippen LogP contribution in [0.1, 0.15) is 25.8 Å². The Bertz CT molecular complexity index is 678. The average molecular weight is 314 g/mol. The van der Waals surface area contributed by atoms with Crippen LogP contribution in [-0.4, -0.2) is 35.3 Å². The molecule has 1 aromatic carbocycles. The topological polar surface area (TPSA) is 102 Å². The highest BCUT2D eigenvalue weighted by Crippen LogP contribution is 2.15. The van der Waals surface area contributed by atoms with Gasteiger partial charge < -0.3 is 10.6 Å². The van der Waals surface area contributed by atoms with Crippen molar-refractivity contribution in [1.29, 1.82) is 5.26 Å². The lowest BCUT2D eigenvalue weighted by Gasteiger charge is -2.13. The number of hydrogen-bond donors (Lipinski definition) is 2. The molecular formula is C16H18N4O3. The Hall–Kier alpha value is -2.88. The van der Waals surface area contributed by atoms with Crippen LogP contribution in [0.5, 0.6) is 0 Å². The standard InChI is InChI=1S/C16H18N4O3/c1-10(2)6-13-15(22)20(16(23)19-13)9-14(21)18-12-5-3-4-11(7-12)8-17/h3-5,7,10,13H,6,9H2,1-2H3,(H,18,21)(H,19,23)/t13-/m0/s1. The second-order valence-corrected chi connectivity index (χ2v) is 5.80. The van der Waals surface area contributed by atoms with E-state index in [2.05, 4.69) is 10.6 Å². The summed E-state index contributed by atoms with van der Waals surface area (Å²) < 4.78 is 0. The molecule has 23 heavy (non-hydrogen) atoms. The van der Waals surface area contributed by atoms with Crippen molar-refractivity contribution in [2.45, 2.75) is 26.3 Å². The quantitative estimate of drug-likeness (QED) is 0.803. The molecule has 0 bridgehead atoms. The van der Waals surface area contributed by atoms with Crippen molar-refractivity contribution in [3.05, 3.63) is 29.8 Å². The first kappa shape index (κ1) is 16.5. The number of carbonyl (C=O) groups excluding carboxylic acids is 3. The number of urea groups is 1. The first-order valence-electron chi connectivity index (χ1n) is 7.32. The van der Waals surface area contributed by atoms with Crippen LogP contribution in [0.2, 0.25) is 0 Å². The molecule has 0 unspecified atom stereocenters. The molecule has 0 aliphatic carbocycles. The summed E-state index contributed by atoms with van der Waals surface area (Å²) in [5.74, 6) is -0.620. The number of rotatable bonds is 5. The Balaban J connectivity index is 1.98. The van der Waals surface area contributed by atoms with Crippen LogP contribution >= 0.6 is 0 Å². The maximum atomic E-state index is 12.2. The molecule has 0 radical (unpaired) electrons. The summed E-state index contributed by atoms with van der Waals surface area (Å²) in [7, 11) is 0. The van der Waals surface area contributed by atoms with Gasteiger partial charge in [0.15, 0.2) is 0 Å². The molecule has 7 nitrogen and oxygen atoms in total. The molecule has 1 atom stereocenters. The van der Waals surface area contributed by atoms with Crippen molar-refractivity contribution >= 4 is 23.5 Å². The third-order valence-corrected chi connectivity index (χ3v) is 3.39. The second kappa shape index (κ2) is 6.92. The normalized spacial score (nSPS) is 17.1. The number of nitrogens with zero attached hydrogens (tertiary/aromatic N) is 2. The maximum Gasteiger partial charge on any atom is 0.325 e. The fraction of sp³-hybridized carbons (Fsp3) is 0.375. The monoisotopic (exact) mass is 314 g/mol. The molecule has 2 rings (SSSR count). The lowest BCUT2D eigenvalue weighted by atomic mass is 10.0. The number of benzene rings is 1. The fourth-order valence-electron chi connectivity index (χ4n) is 2.37. The zero-order valence-electron chi connectivity index (χ0n) is 13.0. The highest BCUT2D eigenvalue weighted by atomic mass is 16.2. The van der Waals surface area contributed by atoms with Gasteiger partial charge in [-0.15, -0.1) is 0 Å². The second-order valence-electron chi connectivity index (χ2n) is 5.80. The van der Waals surface area contributed by atoms with Crippen LogP contribution in [0.3, 0.4) is 0 Å². The Morgan fingerprint density at radius 3 is 2.83 bits per heavy atom. The van der Waals surface area contributed by atoms with E-state index in [-0.39, 0.29) is 18.4 Å². The first-order chi connectivity index (χ1) is 10.9. The summed E-state index contributed by atoms with van der Waals surface area (Å²) in [6.07, 6.45) is 0.535. The predicted molar refractivity (Wildman–Crippen MR) is 83.3 cm³/mol. The largest absolute Gasteiger partial charge is 0.326 e. The van der Waals surface area contributed by atoms with E-state index in [1.165, 1.54) is 6.07 Å². The SMILES string of the molecule is CC(C)C[C@@H]1NC(=O)N(CC(=O)Nc2cccc(C#N)c2)C1=O. The van der Waals surface area contributed by atoms with Crippen molar-refractivity contribution in [2.24, 2.45) is 5.92 Å². The van der Waals surface area contributed by atoms with Gasteiger partial charge in [0.2, 0.25) is 5.91 Å². The number of amides is 4. The van der Waals surface area contributed by atoms with Crippen LogP contribution in [-0.2, 0) is 9.59 Å². The Kier molecular flexibility index (Phi) is 4.96. The van der Waals surface area contributed by atoms with Crippen molar-refractivity contribution in [3.8, 4) is 6.07 Å². The number of anilines is 1. The number of nitrogens with one attached hydrogen (secondary N) is 2. The molecular weight excluding hydrogens is 296 g/mol. The molecule has 0 saturated carbocycles. The predicted octanol–water partition coefficient (Wildman–Crippen LogP) is 1.46. The van der Waals surface area contributed by atoms with Crippen molar-refractivity contribution in [2.75, 3.05) is 11.9 Å². The van der Waals surface area contributed by atoms with Gasteiger partial charge in [-0.25, -0.2) is 4.79 Å². The van der Waals surface area contributed by atoms with E-state index in [9.17, 15) is 14.4 Å². The fourth-order valence-corrected chi connectivity index (χ4v) is 2.37. The van der Waals surface area contributed by atoms with Gasteiger partial charge in [-0.3, -0.25) is 14.5 Å². The Morgan fingerprint density at radius 1 is 1.43 bits per heavy atom. The van der Waals surface area contributed by atoms with Crippen LogP contribution in [0.4, 0.5) is 10.5 Å². The molecule has 120 valence electrons. The molecule has 7 heteroatoms. The van der Waals surface area contributed by atoms with Crippen molar-refractivity contribution in [3.63, 3.8) is 0 Å². The van der Waals surface area contributed by atoms with Gasteiger partial charge in [-0.2, -0.15) is 5.26 Å². The van der Waals surface area contributed by atoms with Crippen LogP contribution in [0.25, 0.3) is 0 Å². The molecule has 1 heterocycles. The highest BCUT2D eigenvalue weighted by molar-refractivity contribution is 6.07. The zero-order chi connectivity index (χ0) is 17.0. The summed E-state index contributed by atoms with van der Waals surface area (Å²) in [4.78, 5) is 36.9. The average Bonchev–Trinajstić information content (AvgIpc) is 2.74. The number of nitriles is 1. The van der Waals surface area contributed by atoms with Gasteiger partial charge in [0.25, 0.3) is 5.91 Å². The van der Waals surface area contributed by atoms with Gasteiger partial charge in [0.05, 0.1) is 11.6 Å². The highest BCUT2D eigenvalue weighted by Gasteiger charge is 2.38. The molecule has 0 spiro atoms. The lowest BCUT2D eigenvalue weighted by Crippen LogP contribution is -2.38. The van der Waals surface area contributed by atoms with Gasteiger partial charge >= 0.3 is 6.03 Å². The minimum atomic E-state index is -0.572. The van der Waals surface area contributed by atoms with Crippen molar-refractivity contribution in [1.82, 2.24) is 10.2 Å². The van der Waals surface area contributed by atoms with E-state index in [0.717, 1.165) is 4.90 Å². The van der Waals surface area contributed by atoms with E-state index in [0.29, 0.717) is 17.7 Å². The molecule has 1 fully saturated rings. The third-order valence-electron chi connectivity index (χ3n) is 3.39. The Morgan fingerprint density at radius 2 is 2.17 bits per heavy atom. The first-order valence-corrected chi connectivity index (χ1v) is 7.32. The summed E-state index contributed by atoms with van der Waals surface area (Å²) in [6, 6.07) is 7.25. The Labute approximate surface area is 134 Å². The van der Waals surface area contributed by atoms with E-state index in [1.807, 2.05) is 19.9 Å². The smallest absolute Gasteiger partial charge is 0.325 e. The molecule has 1 aliphatic rings. The molecule has 1 saturated heterocycles. The number of hydrogen-bond acceptors (Lipinski definition) is 4. The minimum absolute atomic E-state index is 0.256. The summed E-state index contributed by atoms with van der Waals surface area (Å²) >= 11 is 0. The molecule has 1 aromatic rings. The van der Waals surface area contributed by atoms with E-state index < -0.39 is 18.0 Å². The molecule has 4 amide bonds. The van der Waals surface area contributed by atoms with Gasteiger partial charge in [-0.05, 0) is 30.5 Å². The van der Waals surface area contributed by atoms with Crippen molar-refractivity contribution < 1.29 is 14.4 Å². The minimum Gasteiger partial charge on any atom is -0.326 e.